The van der Waals surface area contributed by atoms with Gasteiger partial charge >= 0.3 is 0 Å². The smallest absolute Gasteiger partial charge is 0.236 e. The second-order valence-corrected chi connectivity index (χ2v) is 8.65. The molecular weight excluding hydrogens is 346 g/mol. The van der Waals surface area contributed by atoms with Gasteiger partial charge in [-0.2, -0.15) is 0 Å². The molecule has 1 aromatic heterocycles. The van der Waals surface area contributed by atoms with Crippen LogP contribution >= 0.6 is 11.3 Å². The van der Waals surface area contributed by atoms with Crippen molar-refractivity contribution in [2.24, 2.45) is 5.92 Å². The highest BCUT2D eigenvalue weighted by molar-refractivity contribution is 7.09. The lowest BCUT2D eigenvalue weighted by Gasteiger charge is -2.34. The number of likely N-dealkylation sites (N-methyl/N-ethyl adjacent to an activating group) is 1. The first-order valence-electron chi connectivity index (χ1n) is 9.91. The Hall–Kier alpha value is -1.40. The SMILES string of the molecule is CN(Cc1cccs1)C(=O)CN1CCC(C(=O)N2CCCCCC2)CC1. The van der Waals surface area contributed by atoms with Crippen molar-refractivity contribution in [1.29, 1.82) is 0 Å². The van der Waals surface area contributed by atoms with Crippen LogP contribution in [-0.4, -0.2) is 66.3 Å². The summed E-state index contributed by atoms with van der Waals surface area (Å²) >= 11 is 1.68. The van der Waals surface area contributed by atoms with Crippen molar-refractivity contribution in [3.8, 4) is 0 Å². The van der Waals surface area contributed by atoms with Gasteiger partial charge in [0.1, 0.15) is 0 Å². The molecule has 0 radical (unpaired) electrons. The van der Waals surface area contributed by atoms with E-state index in [1.54, 1.807) is 16.2 Å². The lowest BCUT2D eigenvalue weighted by atomic mass is 9.95. The highest BCUT2D eigenvalue weighted by Crippen LogP contribution is 2.22. The Morgan fingerprint density at radius 2 is 1.81 bits per heavy atom. The fourth-order valence-corrected chi connectivity index (χ4v) is 4.68. The van der Waals surface area contributed by atoms with Gasteiger partial charge in [0.05, 0.1) is 13.1 Å². The van der Waals surface area contributed by atoms with Crippen LogP contribution in [0.1, 0.15) is 43.4 Å². The van der Waals surface area contributed by atoms with Gasteiger partial charge in [0.2, 0.25) is 11.8 Å². The van der Waals surface area contributed by atoms with Crippen molar-refractivity contribution < 1.29 is 9.59 Å². The van der Waals surface area contributed by atoms with E-state index in [-0.39, 0.29) is 11.8 Å². The Balaban J connectivity index is 1.41. The number of carbonyl (C=O) groups is 2. The quantitative estimate of drug-likeness (QED) is 0.793. The maximum absolute atomic E-state index is 12.8. The van der Waals surface area contributed by atoms with E-state index in [9.17, 15) is 9.59 Å². The van der Waals surface area contributed by atoms with Crippen LogP contribution in [0, 0.1) is 5.92 Å². The number of piperidine rings is 1. The topological polar surface area (TPSA) is 43.9 Å². The van der Waals surface area contributed by atoms with Gasteiger partial charge < -0.3 is 9.80 Å². The zero-order valence-corrected chi connectivity index (χ0v) is 16.7. The first-order chi connectivity index (χ1) is 12.6. The molecule has 3 heterocycles. The minimum atomic E-state index is 0.156. The van der Waals surface area contributed by atoms with E-state index < -0.39 is 0 Å². The summed E-state index contributed by atoms with van der Waals surface area (Å²) < 4.78 is 0. The van der Waals surface area contributed by atoms with Crippen molar-refractivity contribution in [3.63, 3.8) is 0 Å². The normalized spacial score (nSPS) is 20.0. The summed E-state index contributed by atoms with van der Waals surface area (Å²) in [6.45, 7) is 4.72. The summed E-state index contributed by atoms with van der Waals surface area (Å²) in [6.07, 6.45) is 6.58. The summed E-state index contributed by atoms with van der Waals surface area (Å²) in [6, 6.07) is 4.08. The molecule has 5 nitrogen and oxygen atoms in total. The Kier molecular flexibility index (Phi) is 7.08. The fourth-order valence-electron chi connectivity index (χ4n) is 3.92. The molecule has 0 unspecified atom stereocenters. The molecule has 3 rings (SSSR count). The van der Waals surface area contributed by atoms with Crippen LogP contribution in [0.2, 0.25) is 0 Å². The largest absolute Gasteiger partial charge is 0.342 e. The van der Waals surface area contributed by atoms with E-state index in [1.807, 2.05) is 18.5 Å². The third kappa shape index (κ3) is 5.30. The average molecular weight is 378 g/mol. The number of hydrogen-bond acceptors (Lipinski definition) is 4. The molecular formula is C20H31N3O2S. The highest BCUT2D eigenvalue weighted by Gasteiger charge is 2.29. The molecule has 0 bridgehead atoms. The van der Waals surface area contributed by atoms with E-state index in [0.717, 1.165) is 51.9 Å². The zero-order chi connectivity index (χ0) is 18.4. The van der Waals surface area contributed by atoms with Crippen molar-refractivity contribution >= 4 is 23.2 Å². The van der Waals surface area contributed by atoms with Crippen molar-refractivity contribution in [2.45, 2.75) is 45.1 Å². The molecule has 2 amide bonds. The Labute approximate surface area is 161 Å². The maximum atomic E-state index is 12.8. The van der Waals surface area contributed by atoms with Gasteiger partial charge in [-0.1, -0.05) is 18.9 Å². The van der Waals surface area contributed by atoms with Crippen molar-refractivity contribution in [3.05, 3.63) is 22.4 Å². The van der Waals surface area contributed by atoms with Crippen LogP contribution in [0.5, 0.6) is 0 Å². The predicted octanol–water partition coefficient (Wildman–Crippen LogP) is 2.82. The van der Waals surface area contributed by atoms with E-state index in [4.69, 9.17) is 0 Å². The van der Waals surface area contributed by atoms with Gasteiger partial charge in [-0.15, -0.1) is 11.3 Å². The summed E-state index contributed by atoms with van der Waals surface area (Å²) in [4.78, 5) is 32.5. The van der Waals surface area contributed by atoms with Crippen LogP contribution in [-0.2, 0) is 16.1 Å². The van der Waals surface area contributed by atoms with Crippen LogP contribution in [0.15, 0.2) is 17.5 Å². The summed E-state index contributed by atoms with van der Waals surface area (Å²) in [5, 5.41) is 2.04. The molecule has 6 heteroatoms. The summed E-state index contributed by atoms with van der Waals surface area (Å²) in [5.74, 6) is 0.673. The zero-order valence-electron chi connectivity index (χ0n) is 15.9. The van der Waals surface area contributed by atoms with E-state index in [2.05, 4.69) is 15.9 Å². The minimum Gasteiger partial charge on any atom is -0.342 e. The van der Waals surface area contributed by atoms with E-state index in [1.165, 1.54) is 17.7 Å². The van der Waals surface area contributed by atoms with Gasteiger partial charge in [0.25, 0.3) is 0 Å². The van der Waals surface area contributed by atoms with Gasteiger partial charge in [-0.25, -0.2) is 0 Å². The third-order valence-corrected chi connectivity index (χ3v) is 6.47. The predicted molar refractivity (Wildman–Crippen MR) is 105 cm³/mol. The Morgan fingerprint density at radius 1 is 1.12 bits per heavy atom. The molecule has 144 valence electrons. The van der Waals surface area contributed by atoms with Crippen molar-refractivity contribution in [1.82, 2.24) is 14.7 Å². The second-order valence-electron chi connectivity index (χ2n) is 7.62. The van der Waals surface area contributed by atoms with Crippen molar-refractivity contribution in [2.75, 3.05) is 39.8 Å². The molecule has 0 saturated carbocycles. The highest BCUT2D eigenvalue weighted by atomic mass is 32.1. The number of rotatable bonds is 5. The Bertz CT molecular complexity index is 574. The second kappa shape index (κ2) is 9.51. The Morgan fingerprint density at radius 3 is 2.42 bits per heavy atom. The minimum absolute atomic E-state index is 0.156. The van der Waals surface area contributed by atoms with Crippen LogP contribution < -0.4 is 0 Å². The standard InChI is InChI=1S/C20H31N3O2S/c1-21(15-18-7-6-14-26-18)19(24)16-22-12-8-17(9-13-22)20(25)23-10-4-2-3-5-11-23/h6-7,14,17H,2-5,8-13,15-16H2,1H3. The monoisotopic (exact) mass is 377 g/mol. The number of hydrogen-bond donors (Lipinski definition) is 0. The molecule has 0 atom stereocenters. The lowest BCUT2D eigenvalue weighted by molar-refractivity contribution is -0.137. The molecule has 2 aliphatic heterocycles. The molecule has 0 aromatic carbocycles. The van der Waals surface area contributed by atoms with Crippen LogP contribution in [0.3, 0.4) is 0 Å². The van der Waals surface area contributed by atoms with E-state index in [0.29, 0.717) is 19.0 Å². The summed E-state index contributed by atoms with van der Waals surface area (Å²) in [5.41, 5.74) is 0. The molecule has 0 N–H and O–H groups in total. The third-order valence-electron chi connectivity index (χ3n) is 5.61. The summed E-state index contributed by atoms with van der Waals surface area (Å²) in [7, 11) is 1.87. The molecule has 2 aliphatic rings. The molecule has 1 aromatic rings. The molecule has 0 spiro atoms. The molecule has 2 fully saturated rings. The lowest BCUT2D eigenvalue weighted by Crippen LogP contribution is -2.45. The first-order valence-corrected chi connectivity index (χ1v) is 10.8. The van der Waals surface area contributed by atoms with Gasteiger partial charge in [0.15, 0.2) is 0 Å². The van der Waals surface area contributed by atoms with Crippen LogP contribution in [0.25, 0.3) is 0 Å². The maximum Gasteiger partial charge on any atom is 0.236 e. The van der Waals surface area contributed by atoms with Gasteiger partial charge in [0, 0.05) is 30.9 Å². The number of likely N-dealkylation sites (tertiary alicyclic amines) is 2. The first kappa shape index (κ1) is 19.4. The number of nitrogens with zero attached hydrogens (tertiary/aromatic N) is 3. The molecule has 2 saturated heterocycles. The van der Waals surface area contributed by atoms with Crippen LogP contribution in [0.4, 0.5) is 0 Å². The molecule has 0 aliphatic carbocycles. The number of carbonyl (C=O) groups excluding carboxylic acids is 2. The molecule has 26 heavy (non-hydrogen) atoms. The van der Waals surface area contributed by atoms with Gasteiger partial charge in [-0.05, 0) is 50.2 Å². The fraction of sp³-hybridized carbons (Fsp3) is 0.700. The van der Waals surface area contributed by atoms with E-state index >= 15 is 0 Å². The number of thiophene rings is 1. The van der Waals surface area contributed by atoms with Gasteiger partial charge in [-0.3, -0.25) is 14.5 Å². The number of amides is 2. The average Bonchev–Trinajstić information content (AvgIpc) is 3.01.